The van der Waals surface area contributed by atoms with E-state index in [4.69, 9.17) is 26.8 Å². The molecule has 3 aliphatic rings. The van der Waals surface area contributed by atoms with Crippen LogP contribution in [-0.2, 0) is 9.59 Å². The Hall–Kier alpha value is -3.30. The second-order valence-electron chi connectivity index (χ2n) is 9.23. The van der Waals surface area contributed by atoms with Crippen LogP contribution in [0.1, 0.15) is 42.7 Å². The lowest BCUT2D eigenvalue weighted by atomic mass is 9.82. The van der Waals surface area contributed by atoms with Crippen molar-refractivity contribution in [1.29, 1.82) is 0 Å². The van der Waals surface area contributed by atoms with Crippen molar-refractivity contribution in [2.45, 2.75) is 37.6 Å². The van der Waals surface area contributed by atoms with E-state index < -0.39 is 12.5 Å². The molecule has 2 atom stereocenters. The van der Waals surface area contributed by atoms with Gasteiger partial charge in [-0.25, -0.2) is 0 Å². The molecule has 1 amide bonds. The second-order valence-corrected chi connectivity index (χ2v) is 10.9. The van der Waals surface area contributed by atoms with Crippen LogP contribution in [0.2, 0.25) is 0 Å². The number of hydrogen-bond acceptors (Lipinski definition) is 7. The van der Waals surface area contributed by atoms with Crippen LogP contribution in [0.3, 0.4) is 0 Å². The smallest absolute Gasteiger partial charge is 0.323 e. The van der Waals surface area contributed by atoms with Gasteiger partial charge in [0.2, 0.25) is 0 Å². The molecule has 0 spiro atoms. The molecule has 0 aromatic heterocycles. The third-order valence-electron chi connectivity index (χ3n) is 7.12. The number of hydrogen-bond donors (Lipinski definition) is 1. The number of thioether (sulfide) groups is 1. The third kappa shape index (κ3) is 4.85. The number of amides is 1. The summed E-state index contributed by atoms with van der Waals surface area (Å²) in [7, 11) is 3.35. The van der Waals surface area contributed by atoms with Gasteiger partial charge in [-0.3, -0.25) is 14.5 Å². The van der Waals surface area contributed by atoms with Crippen LogP contribution in [0.25, 0.3) is 6.08 Å². The van der Waals surface area contributed by atoms with Gasteiger partial charge in [0.05, 0.1) is 24.8 Å². The Labute approximate surface area is 225 Å². The molecule has 0 bridgehead atoms. The first-order valence-corrected chi connectivity index (χ1v) is 13.4. The number of thiocarbonyl (C=S) groups is 1. The third-order valence-corrected chi connectivity index (χ3v) is 8.52. The quantitative estimate of drug-likeness (QED) is 0.355. The van der Waals surface area contributed by atoms with Crippen molar-refractivity contribution in [1.82, 2.24) is 4.90 Å². The molecular weight excluding hydrogens is 508 g/mol. The topological polar surface area (TPSA) is 79.3 Å². The Morgan fingerprint density at radius 3 is 2.68 bits per heavy atom. The molecule has 2 heterocycles. The van der Waals surface area contributed by atoms with Gasteiger partial charge in [-0.2, -0.15) is 0 Å². The normalized spacial score (nSPS) is 22.1. The average Bonchev–Trinajstić information content (AvgIpc) is 3.36. The van der Waals surface area contributed by atoms with Gasteiger partial charge < -0.3 is 19.5 Å². The molecule has 1 N–H and O–H groups in total. The lowest BCUT2D eigenvalue weighted by molar-refractivity contribution is -0.140. The summed E-state index contributed by atoms with van der Waals surface area (Å²) in [5.74, 6) is 0.538. The summed E-state index contributed by atoms with van der Waals surface area (Å²) in [4.78, 5) is 27.5. The number of carbonyl (C=O) groups is 2. The Kier molecular flexibility index (Phi) is 7.26. The van der Waals surface area contributed by atoms with Gasteiger partial charge in [0.25, 0.3) is 5.91 Å². The predicted octanol–water partition coefficient (Wildman–Crippen LogP) is 5.72. The van der Waals surface area contributed by atoms with Crippen molar-refractivity contribution in [3.8, 4) is 11.5 Å². The summed E-state index contributed by atoms with van der Waals surface area (Å²) in [5.41, 5.74) is 4.62. The average molecular weight is 537 g/mol. The monoisotopic (exact) mass is 536 g/mol. The van der Waals surface area contributed by atoms with E-state index in [0.29, 0.717) is 16.9 Å². The number of aliphatic carboxylic acids is 1. The summed E-state index contributed by atoms with van der Waals surface area (Å²) in [5, 5.41) is 9.01. The molecule has 1 saturated carbocycles. The molecule has 192 valence electrons. The number of rotatable bonds is 7. The van der Waals surface area contributed by atoms with E-state index in [2.05, 4.69) is 29.2 Å². The van der Waals surface area contributed by atoms with E-state index >= 15 is 0 Å². The SMILES string of the molecule is COc1ccc(N2c3ccc(C=C/C=C4/SC(=S)N(CC(=O)O)C4=O)cc3C3CCCCC32)c(OC)c1. The summed E-state index contributed by atoms with van der Waals surface area (Å²) in [6, 6.07) is 12.9. The summed E-state index contributed by atoms with van der Waals surface area (Å²) in [6.07, 6.45) is 10.2. The fourth-order valence-corrected chi connectivity index (χ4v) is 6.69. The zero-order chi connectivity index (χ0) is 26.1. The highest BCUT2D eigenvalue weighted by Gasteiger charge is 2.41. The van der Waals surface area contributed by atoms with Gasteiger partial charge in [-0.1, -0.05) is 55.0 Å². The molecule has 5 rings (SSSR count). The number of benzene rings is 2. The number of nitrogens with zero attached hydrogens (tertiary/aromatic N) is 2. The van der Waals surface area contributed by atoms with Crippen molar-refractivity contribution >= 4 is 57.6 Å². The maximum atomic E-state index is 12.5. The van der Waals surface area contributed by atoms with Crippen LogP contribution < -0.4 is 14.4 Å². The number of ether oxygens (including phenoxy) is 2. The first-order chi connectivity index (χ1) is 17.9. The highest BCUT2D eigenvalue weighted by molar-refractivity contribution is 8.26. The van der Waals surface area contributed by atoms with Crippen molar-refractivity contribution in [2.75, 3.05) is 25.7 Å². The van der Waals surface area contributed by atoms with Gasteiger partial charge >= 0.3 is 5.97 Å². The van der Waals surface area contributed by atoms with Crippen LogP contribution in [0.4, 0.5) is 11.4 Å². The number of allylic oxidation sites excluding steroid dienone is 2. The lowest BCUT2D eigenvalue weighted by Gasteiger charge is -2.34. The summed E-state index contributed by atoms with van der Waals surface area (Å²) in [6.45, 7) is -0.422. The van der Waals surface area contributed by atoms with E-state index in [0.717, 1.165) is 52.3 Å². The summed E-state index contributed by atoms with van der Waals surface area (Å²) >= 11 is 6.29. The fraction of sp³-hybridized carbons (Fsp3) is 0.321. The number of carbonyl (C=O) groups excluding carboxylic acids is 1. The minimum absolute atomic E-state index is 0.266. The van der Waals surface area contributed by atoms with Gasteiger partial charge in [0, 0.05) is 23.7 Å². The van der Waals surface area contributed by atoms with Crippen LogP contribution in [0.5, 0.6) is 11.5 Å². The van der Waals surface area contributed by atoms with Crippen molar-refractivity contribution < 1.29 is 24.2 Å². The number of anilines is 2. The largest absolute Gasteiger partial charge is 0.497 e. The van der Waals surface area contributed by atoms with Gasteiger partial charge in [-0.05, 0) is 54.3 Å². The molecule has 2 unspecified atom stereocenters. The van der Waals surface area contributed by atoms with E-state index in [1.165, 1.54) is 24.1 Å². The number of methoxy groups -OCH3 is 2. The van der Waals surface area contributed by atoms with Crippen LogP contribution in [-0.4, -0.2) is 53.0 Å². The van der Waals surface area contributed by atoms with Crippen molar-refractivity contribution in [2.24, 2.45) is 0 Å². The molecule has 2 aromatic rings. The molecule has 2 aliphatic heterocycles. The first kappa shape index (κ1) is 25.4. The molecule has 2 aromatic carbocycles. The second kappa shape index (κ2) is 10.6. The Balaban J connectivity index is 1.43. The maximum absolute atomic E-state index is 12.5. The first-order valence-electron chi connectivity index (χ1n) is 12.2. The predicted molar refractivity (Wildman–Crippen MR) is 150 cm³/mol. The van der Waals surface area contributed by atoms with Gasteiger partial charge in [0.1, 0.15) is 22.4 Å². The highest BCUT2D eigenvalue weighted by atomic mass is 32.2. The van der Waals surface area contributed by atoms with Crippen LogP contribution >= 0.6 is 24.0 Å². The fourth-order valence-electron chi connectivity index (χ4n) is 5.48. The van der Waals surface area contributed by atoms with Crippen LogP contribution in [0.15, 0.2) is 53.5 Å². The summed E-state index contributed by atoms with van der Waals surface area (Å²) < 4.78 is 11.4. The minimum Gasteiger partial charge on any atom is -0.497 e. The van der Waals surface area contributed by atoms with E-state index in [-0.39, 0.29) is 10.2 Å². The molecule has 1 aliphatic carbocycles. The molecule has 2 fully saturated rings. The van der Waals surface area contributed by atoms with E-state index in [9.17, 15) is 9.59 Å². The molecule has 1 saturated heterocycles. The van der Waals surface area contributed by atoms with E-state index in [1.54, 1.807) is 20.3 Å². The Bertz CT molecular complexity index is 1320. The molecule has 7 nitrogen and oxygen atoms in total. The van der Waals surface area contributed by atoms with Gasteiger partial charge in [0.15, 0.2) is 0 Å². The zero-order valence-electron chi connectivity index (χ0n) is 20.7. The Morgan fingerprint density at radius 2 is 1.92 bits per heavy atom. The lowest BCUT2D eigenvalue weighted by Crippen LogP contribution is -2.33. The number of carboxylic acids is 1. The maximum Gasteiger partial charge on any atom is 0.323 e. The highest BCUT2D eigenvalue weighted by Crippen LogP contribution is 2.53. The number of carboxylic acid groups (broad SMARTS) is 1. The zero-order valence-corrected chi connectivity index (χ0v) is 22.3. The van der Waals surface area contributed by atoms with Crippen molar-refractivity contribution in [3.63, 3.8) is 0 Å². The minimum atomic E-state index is -1.09. The molecule has 9 heteroatoms. The molecule has 37 heavy (non-hydrogen) atoms. The Morgan fingerprint density at radius 1 is 1.14 bits per heavy atom. The van der Waals surface area contributed by atoms with Crippen LogP contribution in [0, 0.1) is 0 Å². The number of fused-ring (bicyclic) bond motifs is 3. The standard InChI is InChI=1S/C28H28N2O5S2/c1-34-18-11-13-23(24(15-18)35-2)30-21-8-4-3-7-19(21)20-14-17(10-12-22(20)30)6-5-9-25-27(33)29(16-26(31)32)28(36)37-25/h5-6,9-15,19,21H,3-4,7-8,16H2,1-2H3,(H,31,32)/b6-5?,25-9+. The van der Waals surface area contributed by atoms with Crippen molar-refractivity contribution in [3.05, 3.63) is 64.6 Å². The van der Waals surface area contributed by atoms with Gasteiger partial charge in [-0.15, -0.1) is 0 Å². The molecule has 0 radical (unpaired) electrons. The van der Waals surface area contributed by atoms with E-state index in [1.807, 2.05) is 24.3 Å². The molecular formula is C28H28N2O5S2.